The highest BCUT2D eigenvalue weighted by atomic mass is 35.5. The number of nitrogens with zero attached hydrogens (tertiary/aromatic N) is 3. The molecule has 30 heavy (non-hydrogen) atoms. The molecule has 0 bridgehead atoms. The summed E-state index contributed by atoms with van der Waals surface area (Å²) in [7, 11) is 1.48. The summed E-state index contributed by atoms with van der Waals surface area (Å²) < 4.78 is 5.15. The topological polar surface area (TPSA) is 109 Å². The number of aromatic nitrogens is 3. The number of anilines is 2. The molecule has 2 aromatic carbocycles. The highest BCUT2D eigenvalue weighted by Crippen LogP contribution is 2.31. The number of para-hydroxylation sites is 1. The Morgan fingerprint density at radius 3 is 2.70 bits per heavy atom. The molecule has 0 aliphatic carbocycles. The third kappa shape index (κ3) is 4.08. The summed E-state index contributed by atoms with van der Waals surface area (Å²) in [6.07, 6.45) is 1.44. The van der Waals surface area contributed by atoms with Gasteiger partial charge in [-0.1, -0.05) is 23.7 Å². The number of carbonyl (C=O) groups is 1. The molecule has 4 rings (SSSR count). The standard InChI is InChI=1S/C21H16ClN5O3/c1-30-18-10-12(6-9-17(18)28)14-7-8-16-20(24-14)26-19(11-23-16)27-21(29)25-15-5-3-2-4-13(15)22/h2-11,28H,1H3,(H2,24,25,26,27,29). The Labute approximate surface area is 176 Å². The minimum absolute atomic E-state index is 0.0397. The molecule has 2 aromatic heterocycles. The van der Waals surface area contributed by atoms with Gasteiger partial charge < -0.3 is 15.2 Å². The lowest BCUT2D eigenvalue weighted by Crippen LogP contribution is -2.20. The molecule has 0 radical (unpaired) electrons. The Morgan fingerprint density at radius 2 is 1.90 bits per heavy atom. The molecule has 0 spiro atoms. The molecular formula is C21H16ClN5O3. The maximum atomic E-state index is 12.3. The van der Waals surface area contributed by atoms with E-state index in [0.29, 0.717) is 33.3 Å². The number of benzene rings is 2. The van der Waals surface area contributed by atoms with E-state index in [1.165, 1.54) is 19.4 Å². The van der Waals surface area contributed by atoms with Crippen LogP contribution in [0.5, 0.6) is 11.5 Å². The number of aromatic hydroxyl groups is 1. The molecule has 0 aliphatic heterocycles. The van der Waals surface area contributed by atoms with Gasteiger partial charge in [0.15, 0.2) is 23.0 Å². The van der Waals surface area contributed by atoms with Crippen molar-refractivity contribution >= 4 is 40.3 Å². The van der Waals surface area contributed by atoms with Gasteiger partial charge in [0.25, 0.3) is 0 Å². The number of urea groups is 1. The monoisotopic (exact) mass is 421 g/mol. The van der Waals surface area contributed by atoms with Crippen molar-refractivity contribution in [2.75, 3.05) is 17.7 Å². The SMILES string of the molecule is COc1cc(-c2ccc3ncc(NC(=O)Nc4ccccc4Cl)nc3n2)ccc1O. The molecule has 150 valence electrons. The summed E-state index contributed by atoms with van der Waals surface area (Å²) in [5.41, 5.74) is 2.76. The number of ether oxygens (including phenoxy) is 1. The number of rotatable bonds is 4. The predicted octanol–water partition coefficient (Wildman–Crippen LogP) is 4.70. The van der Waals surface area contributed by atoms with E-state index in [-0.39, 0.29) is 11.6 Å². The summed E-state index contributed by atoms with van der Waals surface area (Å²) in [4.78, 5) is 25.4. The molecule has 0 saturated heterocycles. The summed E-state index contributed by atoms with van der Waals surface area (Å²) in [5, 5.41) is 15.5. The molecule has 0 unspecified atom stereocenters. The fourth-order valence-electron chi connectivity index (χ4n) is 2.79. The van der Waals surface area contributed by atoms with Crippen molar-refractivity contribution in [1.82, 2.24) is 15.0 Å². The Bertz CT molecular complexity index is 1250. The quantitative estimate of drug-likeness (QED) is 0.440. The summed E-state index contributed by atoms with van der Waals surface area (Å²) in [6.45, 7) is 0. The first-order valence-corrected chi connectivity index (χ1v) is 9.25. The number of carbonyl (C=O) groups excluding carboxylic acids is 1. The average molecular weight is 422 g/mol. The van der Waals surface area contributed by atoms with Crippen molar-refractivity contribution in [1.29, 1.82) is 0 Å². The predicted molar refractivity (Wildman–Crippen MR) is 115 cm³/mol. The molecule has 0 aliphatic rings. The zero-order valence-electron chi connectivity index (χ0n) is 15.8. The van der Waals surface area contributed by atoms with Crippen LogP contribution >= 0.6 is 11.6 Å². The van der Waals surface area contributed by atoms with E-state index in [1.807, 2.05) is 0 Å². The van der Waals surface area contributed by atoms with Crippen LogP contribution in [0.1, 0.15) is 0 Å². The number of amides is 2. The highest BCUT2D eigenvalue weighted by molar-refractivity contribution is 6.33. The Morgan fingerprint density at radius 1 is 1.07 bits per heavy atom. The number of nitrogens with one attached hydrogen (secondary N) is 2. The summed E-state index contributed by atoms with van der Waals surface area (Å²) in [6, 6.07) is 14.9. The molecular weight excluding hydrogens is 406 g/mol. The van der Waals surface area contributed by atoms with Gasteiger partial charge in [0.05, 0.1) is 29.7 Å². The summed E-state index contributed by atoms with van der Waals surface area (Å²) >= 11 is 6.05. The highest BCUT2D eigenvalue weighted by Gasteiger charge is 2.10. The van der Waals surface area contributed by atoms with Gasteiger partial charge in [0.1, 0.15) is 5.52 Å². The van der Waals surface area contributed by atoms with Gasteiger partial charge in [0.2, 0.25) is 0 Å². The third-order valence-corrected chi connectivity index (χ3v) is 4.58. The molecule has 0 atom stereocenters. The second-order valence-corrected chi connectivity index (χ2v) is 6.65. The average Bonchev–Trinajstić information content (AvgIpc) is 2.75. The number of phenolic OH excluding ortho intramolecular Hbond substituents is 1. The Kier molecular flexibility index (Phi) is 5.32. The number of hydrogen-bond acceptors (Lipinski definition) is 6. The van der Waals surface area contributed by atoms with E-state index in [1.54, 1.807) is 48.5 Å². The van der Waals surface area contributed by atoms with Crippen LogP contribution in [0.4, 0.5) is 16.3 Å². The third-order valence-electron chi connectivity index (χ3n) is 4.25. The number of hydrogen-bond donors (Lipinski definition) is 3. The second-order valence-electron chi connectivity index (χ2n) is 6.24. The molecule has 8 nitrogen and oxygen atoms in total. The van der Waals surface area contributed by atoms with Gasteiger partial charge in [-0.2, -0.15) is 0 Å². The van der Waals surface area contributed by atoms with E-state index in [0.717, 1.165) is 5.56 Å². The van der Waals surface area contributed by atoms with Crippen LogP contribution in [0, 0.1) is 0 Å². The minimum atomic E-state index is -0.504. The van der Waals surface area contributed by atoms with E-state index in [9.17, 15) is 9.90 Å². The lowest BCUT2D eigenvalue weighted by atomic mass is 10.1. The first kappa shape index (κ1) is 19.4. The van der Waals surface area contributed by atoms with E-state index < -0.39 is 6.03 Å². The molecule has 0 saturated carbocycles. The van der Waals surface area contributed by atoms with Gasteiger partial charge in [-0.25, -0.2) is 19.7 Å². The van der Waals surface area contributed by atoms with Gasteiger partial charge in [-0.15, -0.1) is 0 Å². The number of phenols is 1. The van der Waals surface area contributed by atoms with Crippen molar-refractivity contribution in [3.05, 3.63) is 65.8 Å². The number of fused-ring (bicyclic) bond motifs is 1. The smallest absolute Gasteiger partial charge is 0.324 e. The molecule has 9 heteroatoms. The molecule has 3 N–H and O–H groups in total. The fourth-order valence-corrected chi connectivity index (χ4v) is 2.97. The zero-order chi connectivity index (χ0) is 21.1. The van der Waals surface area contributed by atoms with E-state index in [2.05, 4.69) is 25.6 Å². The van der Waals surface area contributed by atoms with Crippen LogP contribution < -0.4 is 15.4 Å². The van der Waals surface area contributed by atoms with E-state index >= 15 is 0 Å². The van der Waals surface area contributed by atoms with Gasteiger partial charge in [-0.3, -0.25) is 5.32 Å². The van der Waals surface area contributed by atoms with E-state index in [4.69, 9.17) is 16.3 Å². The van der Waals surface area contributed by atoms with Crippen molar-refractivity contribution in [2.45, 2.75) is 0 Å². The summed E-state index contributed by atoms with van der Waals surface area (Å²) in [5.74, 6) is 0.616. The first-order valence-electron chi connectivity index (χ1n) is 8.87. The number of halogens is 1. The Hall–Kier alpha value is -3.91. The van der Waals surface area contributed by atoms with Crippen molar-refractivity contribution in [2.24, 2.45) is 0 Å². The molecule has 2 amide bonds. The van der Waals surface area contributed by atoms with Crippen molar-refractivity contribution < 1.29 is 14.6 Å². The fraction of sp³-hybridized carbons (Fsp3) is 0.0476. The van der Waals surface area contributed by atoms with Crippen LogP contribution in [-0.2, 0) is 0 Å². The maximum Gasteiger partial charge on any atom is 0.324 e. The van der Waals surface area contributed by atoms with Crippen molar-refractivity contribution in [3.63, 3.8) is 0 Å². The van der Waals surface area contributed by atoms with Crippen LogP contribution in [0.25, 0.3) is 22.4 Å². The lowest BCUT2D eigenvalue weighted by molar-refractivity contribution is 0.262. The van der Waals surface area contributed by atoms with Gasteiger partial charge in [0, 0.05) is 5.56 Å². The Balaban J connectivity index is 1.59. The largest absolute Gasteiger partial charge is 0.504 e. The van der Waals surface area contributed by atoms with Crippen LogP contribution in [0.15, 0.2) is 60.8 Å². The number of pyridine rings is 1. The van der Waals surface area contributed by atoms with Gasteiger partial charge in [-0.05, 0) is 42.5 Å². The zero-order valence-corrected chi connectivity index (χ0v) is 16.5. The van der Waals surface area contributed by atoms with Crippen LogP contribution in [0.2, 0.25) is 5.02 Å². The molecule has 4 aromatic rings. The van der Waals surface area contributed by atoms with Crippen LogP contribution in [0.3, 0.4) is 0 Å². The first-order chi connectivity index (χ1) is 14.5. The molecule has 0 fully saturated rings. The van der Waals surface area contributed by atoms with Gasteiger partial charge >= 0.3 is 6.03 Å². The van der Waals surface area contributed by atoms with Crippen molar-refractivity contribution in [3.8, 4) is 22.8 Å². The normalized spacial score (nSPS) is 10.6. The van der Waals surface area contributed by atoms with Crippen LogP contribution in [-0.4, -0.2) is 33.2 Å². The number of methoxy groups -OCH3 is 1. The lowest BCUT2D eigenvalue weighted by Gasteiger charge is -2.09. The minimum Gasteiger partial charge on any atom is -0.504 e. The maximum absolute atomic E-state index is 12.3. The molecule has 2 heterocycles. The second kappa shape index (κ2) is 8.22.